The van der Waals surface area contributed by atoms with Crippen LogP contribution in [0.2, 0.25) is 0 Å². The fourth-order valence-electron chi connectivity index (χ4n) is 1.20. The third kappa shape index (κ3) is 7.90. The third-order valence-electron chi connectivity index (χ3n) is 2.06. The van der Waals surface area contributed by atoms with Crippen molar-refractivity contribution in [2.24, 2.45) is 0 Å². The molecule has 0 atom stereocenters. The molecule has 0 saturated heterocycles. The average molecular weight is 259 g/mol. The van der Waals surface area contributed by atoms with Crippen molar-refractivity contribution >= 4 is 10.1 Å². The first kappa shape index (κ1) is 16.1. The van der Waals surface area contributed by atoms with Crippen LogP contribution < -0.4 is 4.90 Å². The van der Waals surface area contributed by atoms with Crippen LogP contribution in [0.3, 0.4) is 0 Å². The van der Waals surface area contributed by atoms with E-state index in [0.29, 0.717) is 0 Å². The van der Waals surface area contributed by atoms with E-state index in [1.165, 1.54) is 30.0 Å². The van der Waals surface area contributed by atoms with Gasteiger partial charge in [0.1, 0.15) is 10.1 Å². The van der Waals surface area contributed by atoms with Gasteiger partial charge in [0.15, 0.2) is 0 Å². The number of rotatable bonds is 3. The van der Waals surface area contributed by atoms with Crippen LogP contribution >= 0.6 is 0 Å². The maximum absolute atomic E-state index is 10.4. The number of nitrogens with one attached hydrogen (secondary N) is 1. The van der Waals surface area contributed by atoms with Gasteiger partial charge in [-0.05, 0) is 25.5 Å². The lowest BCUT2D eigenvalue weighted by atomic mass is 10.2. The van der Waals surface area contributed by atoms with Crippen molar-refractivity contribution in [1.29, 1.82) is 0 Å². The first-order valence-corrected chi connectivity index (χ1v) is 6.99. The second-order valence-electron chi connectivity index (χ2n) is 4.22. The Balaban J connectivity index is 0.000000366. The van der Waals surface area contributed by atoms with E-state index in [1.807, 2.05) is 6.92 Å². The molecule has 1 N–H and O–H groups in total. The molecule has 0 saturated carbocycles. The van der Waals surface area contributed by atoms with Gasteiger partial charge in [0.25, 0.3) is 0 Å². The van der Waals surface area contributed by atoms with Crippen LogP contribution in [0.25, 0.3) is 0 Å². The minimum Gasteiger partial charge on any atom is -0.744 e. The van der Waals surface area contributed by atoms with Gasteiger partial charge in [0.05, 0.1) is 25.5 Å². The van der Waals surface area contributed by atoms with Crippen molar-refractivity contribution in [2.75, 3.05) is 20.6 Å². The highest BCUT2D eigenvalue weighted by atomic mass is 32.2. The number of hydrogen-bond donors (Lipinski definition) is 1. The summed E-state index contributed by atoms with van der Waals surface area (Å²) in [7, 11) is 0.0707. The zero-order valence-electron chi connectivity index (χ0n) is 10.9. The van der Waals surface area contributed by atoms with Gasteiger partial charge in [-0.1, -0.05) is 24.6 Å². The van der Waals surface area contributed by atoms with Gasteiger partial charge in [-0.25, -0.2) is 8.42 Å². The van der Waals surface area contributed by atoms with Gasteiger partial charge in [0.2, 0.25) is 0 Å². The summed E-state index contributed by atoms with van der Waals surface area (Å²) in [6.07, 6.45) is 1.29. The summed E-state index contributed by atoms with van der Waals surface area (Å²) in [5.41, 5.74) is 0.928. The van der Waals surface area contributed by atoms with E-state index < -0.39 is 10.1 Å². The minimum absolute atomic E-state index is 0.178. The van der Waals surface area contributed by atoms with Crippen LogP contribution in [0.1, 0.15) is 18.9 Å². The van der Waals surface area contributed by atoms with Crippen molar-refractivity contribution in [3.05, 3.63) is 29.8 Å². The number of hydrogen-bond acceptors (Lipinski definition) is 3. The molecule has 1 rings (SSSR count). The van der Waals surface area contributed by atoms with Crippen molar-refractivity contribution < 1.29 is 17.9 Å². The fourth-order valence-corrected chi connectivity index (χ4v) is 1.67. The van der Waals surface area contributed by atoms with Crippen LogP contribution in [-0.2, 0) is 10.1 Å². The van der Waals surface area contributed by atoms with Gasteiger partial charge >= 0.3 is 0 Å². The molecule has 0 fully saturated rings. The smallest absolute Gasteiger partial charge is 0.124 e. The summed E-state index contributed by atoms with van der Waals surface area (Å²) in [6, 6.07) is 5.78. The van der Waals surface area contributed by atoms with E-state index in [4.69, 9.17) is 0 Å². The van der Waals surface area contributed by atoms with Gasteiger partial charge in [-0.3, -0.25) is 0 Å². The van der Waals surface area contributed by atoms with E-state index in [1.54, 1.807) is 12.1 Å². The molecule has 4 nitrogen and oxygen atoms in total. The van der Waals surface area contributed by atoms with Crippen LogP contribution in [-0.4, -0.2) is 33.6 Å². The second-order valence-corrected chi connectivity index (χ2v) is 5.60. The van der Waals surface area contributed by atoms with Gasteiger partial charge in [0, 0.05) is 0 Å². The van der Waals surface area contributed by atoms with E-state index in [-0.39, 0.29) is 4.90 Å². The molecule has 1 aromatic rings. The molecule has 5 heteroatoms. The molecule has 98 valence electrons. The Morgan fingerprint density at radius 2 is 1.65 bits per heavy atom. The Hall–Kier alpha value is -0.910. The zero-order chi connectivity index (χ0) is 13.5. The lowest BCUT2D eigenvalue weighted by Crippen LogP contribution is -3.05. The third-order valence-corrected chi connectivity index (χ3v) is 2.91. The maximum Gasteiger partial charge on any atom is 0.124 e. The predicted molar refractivity (Wildman–Crippen MR) is 67.1 cm³/mol. The topological polar surface area (TPSA) is 61.6 Å². The lowest BCUT2D eigenvalue weighted by Gasteiger charge is -2.05. The zero-order valence-corrected chi connectivity index (χ0v) is 11.7. The molecule has 0 heterocycles. The highest BCUT2D eigenvalue weighted by molar-refractivity contribution is 7.85. The highest BCUT2D eigenvalue weighted by Crippen LogP contribution is 2.08. The standard InChI is InChI=1S/C7H8O3S.C5H13N/c1-6-2-4-7(5-3-6)11(8,9)10;1-4-5-6(2)3/h2-5H,1H3,(H,8,9,10);4-5H2,1-3H3. The van der Waals surface area contributed by atoms with Crippen LogP contribution in [0.15, 0.2) is 29.2 Å². The van der Waals surface area contributed by atoms with Crippen molar-refractivity contribution in [3.63, 3.8) is 0 Å². The average Bonchev–Trinajstić information content (AvgIpc) is 2.17. The summed E-state index contributed by atoms with van der Waals surface area (Å²) in [5, 5.41) is 0. The number of aryl methyl sites for hydroxylation is 1. The fraction of sp³-hybridized carbons (Fsp3) is 0.500. The molecule has 1 aromatic carbocycles. The van der Waals surface area contributed by atoms with Gasteiger partial charge < -0.3 is 9.45 Å². The molecule has 0 bridgehead atoms. The Morgan fingerprint density at radius 3 is 1.88 bits per heavy atom. The van der Waals surface area contributed by atoms with E-state index in [9.17, 15) is 13.0 Å². The highest BCUT2D eigenvalue weighted by Gasteiger charge is 1.97. The Bertz CT molecular complexity index is 410. The maximum atomic E-state index is 10.4. The first-order valence-electron chi connectivity index (χ1n) is 5.59. The molecule has 0 aliphatic carbocycles. The lowest BCUT2D eigenvalue weighted by molar-refractivity contribution is -0.858. The summed E-state index contributed by atoms with van der Waals surface area (Å²) >= 11 is 0. The molecule has 0 amide bonds. The number of benzene rings is 1. The molecule has 0 aliphatic heterocycles. The van der Waals surface area contributed by atoms with Crippen LogP contribution in [0.5, 0.6) is 0 Å². The SMILES string of the molecule is CCC[NH+](C)C.Cc1ccc(S(=O)(=O)[O-])cc1. The molecule has 0 radical (unpaired) electrons. The Kier molecular flexibility index (Phi) is 7.03. The van der Waals surface area contributed by atoms with E-state index in [2.05, 4.69) is 21.0 Å². The van der Waals surface area contributed by atoms with E-state index >= 15 is 0 Å². The molecule has 17 heavy (non-hydrogen) atoms. The molecule has 0 unspecified atom stereocenters. The first-order chi connectivity index (χ1) is 7.77. The number of quaternary nitrogens is 1. The van der Waals surface area contributed by atoms with Crippen LogP contribution in [0.4, 0.5) is 0 Å². The van der Waals surface area contributed by atoms with Gasteiger partial charge in [-0.15, -0.1) is 0 Å². The molecular formula is C12H21NO3S. The summed E-state index contributed by atoms with van der Waals surface area (Å²) in [5.74, 6) is 0. The van der Waals surface area contributed by atoms with Crippen LogP contribution in [0, 0.1) is 6.92 Å². The largest absolute Gasteiger partial charge is 0.744 e. The molecule has 0 aliphatic rings. The normalized spacial score (nSPS) is 10.9. The van der Waals surface area contributed by atoms with Crippen molar-refractivity contribution in [2.45, 2.75) is 25.2 Å². The quantitative estimate of drug-likeness (QED) is 0.801. The summed E-state index contributed by atoms with van der Waals surface area (Å²) < 4.78 is 31.2. The van der Waals surface area contributed by atoms with Crippen molar-refractivity contribution in [1.82, 2.24) is 0 Å². The summed E-state index contributed by atoms with van der Waals surface area (Å²) in [4.78, 5) is 1.36. The molecular weight excluding hydrogens is 238 g/mol. The second kappa shape index (κ2) is 7.42. The molecule has 0 spiro atoms. The summed E-state index contributed by atoms with van der Waals surface area (Å²) in [6.45, 7) is 5.31. The Labute approximate surface area is 104 Å². The van der Waals surface area contributed by atoms with Gasteiger partial charge in [-0.2, -0.15) is 0 Å². The predicted octanol–water partition coefficient (Wildman–Crippen LogP) is 0.440. The van der Waals surface area contributed by atoms with E-state index in [0.717, 1.165) is 5.56 Å². The van der Waals surface area contributed by atoms with Crippen molar-refractivity contribution in [3.8, 4) is 0 Å². The Morgan fingerprint density at radius 1 is 1.18 bits per heavy atom. The monoisotopic (exact) mass is 259 g/mol. The minimum atomic E-state index is -4.27. The molecule has 0 aromatic heterocycles.